The molecule has 23 heavy (non-hydrogen) atoms. The average molecular weight is 310 g/mol. The summed E-state index contributed by atoms with van der Waals surface area (Å²) in [7, 11) is 0. The van der Waals surface area contributed by atoms with E-state index in [0.717, 1.165) is 26.1 Å². The lowest BCUT2D eigenvalue weighted by Crippen LogP contribution is -2.42. The number of phenols is 1. The summed E-state index contributed by atoms with van der Waals surface area (Å²) < 4.78 is 0. The lowest BCUT2D eigenvalue weighted by atomic mass is 10.0. The van der Waals surface area contributed by atoms with Crippen molar-refractivity contribution in [2.24, 2.45) is 0 Å². The third-order valence-electron chi connectivity index (χ3n) is 4.63. The fourth-order valence-corrected chi connectivity index (χ4v) is 3.25. The summed E-state index contributed by atoms with van der Waals surface area (Å²) in [6.45, 7) is 3.26. The van der Waals surface area contributed by atoms with Gasteiger partial charge in [-0.05, 0) is 62.1 Å². The number of nitrogens with one attached hydrogen (secondary N) is 1. The Bertz CT molecular complexity index is 574. The number of benzene rings is 2. The number of phenolic OH excluding ortho intramolecular Hbond substituents is 1. The van der Waals surface area contributed by atoms with Crippen molar-refractivity contribution in [2.75, 3.05) is 24.5 Å². The van der Waals surface area contributed by atoms with E-state index in [9.17, 15) is 5.11 Å². The van der Waals surface area contributed by atoms with Gasteiger partial charge in [-0.3, -0.25) is 0 Å². The van der Waals surface area contributed by atoms with Gasteiger partial charge < -0.3 is 15.3 Å². The van der Waals surface area contributed by atoms with Gasteiger partial charge in [0.15, 0.2) is 0 Å². The van der Waals surface area contributed by atoms with E-state index in [0.29, 0.717) is 11.8 Å². The Morgan fingerprint density at radius 1 is 0.957 bits per heavy atom. The molecule has 3 nitrogen and oxygen atoms in total. The highest BCUT2D eigenvalue weighted by Crippen LogP contribution is 2.22. The van der Waals surface area contributed by atoms with Crippen LogP contribution in [0.15, 0.2) is 54.6 Å². The van der Waals surface area contributed by atoms with Crippen LogP contribution in [0.25, 0.3) is 0 Å². The molecule has 2 N–H and O–H groups in total. The first-order valence-electron chi connectivity index (χ1n) is 8.62. The molecule has 1 aliphatic heterocycles. The molecule has 1 fully saturated rings. The molecular formula is C20H26N2O. The standard InChI is InChI=1S/C20H26N2O/c23-20-10-8-19(9-11-20)22-15-12-18(13-16-22)21-14-4-7-17-5-2-1-3-6-17/h1-3,5-6,8-11,18,21,23H,4,7,12-16H2. The Morgan fingerprint density at radius 2 is 1.65 bits per heavy atom. The Labute approximate surface area is 139 Å². The molecule has 2 aromatic rings. The molecule has 0 atom stereocenters. The predicted molar refractivity (Wildman–Crippen MR) is 96.1 cm³/mol. The van der Waals surface area contributed by atoms with E-state index in [2.05, 4.69) is 40.5 Å². The van der Waals surface area contributed by atoms with E-state index in [4.69, 9.17) is 0 Å². The largest absolute Gasteiger partial charge is 0.508 e. The van der Waals surface area contributed by atoms with Crippen molar-refractivity contribution in [3.05, 3.63) is 60.2 Å². The molecule has 1 heterocycles. The van der Waals surface area contributed by atoms with Gasteiger partial charge in [0.2, 0.25) is 0 Å². The van der Waals surface area contributed by atoms with Crippen molar-refractivity contribution in [3.8, 4) is 5.75 Å². The van der Waals surface area contributed by atoms with Crippen LogP contribution in [0.2, 0.25) is 0 Å². The molecule has 1 saturated heterocycles. The molecule has 0 aliphatic carbocycles. The zero-order valence-electron chi connectivity index (χ0n) is 13.6. The van der Waals surface area contributed by atoms with Crippen LogP contribution in [0.4, 0.5) is 5.69 Å². The van der Waals surface area contributed by atoms with Crippen molar-refractivity contribution >= 4 is 5.69 Å². The van der Waals surface area contributed by atoms with Gasteiger partial charge in [0.25, 0.3) is 0 Å². The molecule has 3 rings (SSSR count). The van der Waals surface area contributed by atoms with Crippen molar-refractivity contribution in [2.45, 2.75) is 31.7 Å². The molecule has 1 aliphatic rings. The quantitative estimate of drug-likeness (QED) is 0.801. The fraction of sp³-hybridized carbons (Fsp3) is 0.400. The molecule has 122 valence electrons. The van der Waals surface area contributed by atoms with Crippen LogP contribution in [0, 0.1) is 0 Å². The molecule has 0 aromatic heterocycles. The molecule has 2 aromatic carbocycles. The van der Waals surface area contributed by atoms with Gasteiger partial charge >= 0.3 is 0 Å². The molecule has 0 spiro atoms. The smallest absolute Gasteiger partial charge is 0.115 e. The monoisotopic (exact) mass is 310 g/mol. The lowest BCUT2D eigenvalue weighted by Gasteiger charge is -2.34. The van der Waals surface area contributed by atoms with Crippen molar-refractivity contribution in [3.63, 3.8) is 0 Å². The zero-order valence-corrected chi connectivity index (χ0v) is 13.6. The van der Waals surface area contributed by atoms with Crippen LogP contribution in [0.3, 0.4) is 0 Å². The molecular weight excluding hydrogens is 284 g/mol. The van der Waals surface area contributed by atoms with Gasteiger partial charge in [-0.1, -0.05) is 30.3 Å². The number of aryl methyl sites for hydroxylation is 1. The Balaban J connectivity index is 1.35. The van der Waals surface area contributed by atoms with Crippen LogP contribution in [-0.2, 0) is 6.42 Å². The summed E-state index contributed by atoms with van der Waals surface area (Å²) in [4.78, 5) is 2.40. The second-order valence-electron chi connectivity index (χ2n) is 6.32. The van der Waals surface area contributed by atoms with E-state index in [1.165, 1.54) is 30.5 Å². The summed E-state index contributed by atoms with van der Waals surface area (Å²) in [6, 6.07) is 18.9. The van der Waals surface area contributed by atoms with E-state index in [1.54, 1.807) is 12.1 Å². The van der Waals surface area contributed by atoms with E-state index in [1.807, 2.05) is 12.1 Å². The molecule has 0 unspecified atom stereocenters. The Kier molecular flexibility index (Phi) is 5.54. The second-order valence-corrected chi connectivity index (χ2v) is 6.32. The van der Waals surface area contributed by atoms with Crippen LogP contribution >= 0.6 is 0 Å². The fourth-order valence-electron chi connectivity index (χ4n) is 3.25. The maximum atomic E-state index is 9.37. The molecule has 0 saturated carbocycles. The van der Waals surface area contributed by atoms with E-state index < -0.39 is 0 Å². The van der Waals surface area contributed by atoms with E-state index >= 15 is 0 Å². The van der Waals surface area contributed by atoms with Gasteiger partial charge in [-0.25, -0.2) is 0 Å². The molecule has 3 heteroatoms. The van der Waals surface area contributed by atoms with Crippen molar-refractivity contribution < 1.29 is 5.11 Å². The highest BCUT2D eigenvalue weighted by atomic mass is 16.3. The summed E-state index contributed by atoms with van der Waals surface area (Å²) in [5.41, 5.74) is 2.64. The number of aromatic hydroxyl groups is 1. The Hall–Kier alpha value is -2.00. The van der Waals surface area contributed by atoms with Gasteiger partial charge in [0.05, 0.1) is 0 Å². The summed E-state index contributed by atoms with van der Waals surface area (Å²) in [6.07, 6.45) is 4.72. The Morgan fingerprint density at radius 3 is 2.35 bits per heavy atom. The summed E-state index contributed by atoms with van der Waals surface area (Å²) in [5, 5.41) is 13.1. The number of piperidine rings is 1. The highest BCUT2D eigenvalue weighted by Gasteiger charge is 2.18. The minimum absolute atomic E-state index is 0.337. The minimum atomic E-state index is 0.337. The van der Waals surface area contributed by atoms with Gasteiger partial charge in [0.1, 0.15) is 5.75 Å². The van der Waals surface area contributed by atoms with Crippen molar-refractivity contribution in [1.82, 2.24) is 5.32 Å². The van der Waals surface area contributed by atoms with E-state index in [-0.39, 0.29) is 0 Å². The third kappa shape index (κ3) is 4.73. The SMILES string of the molecule is Oc1ccc(N2CCC(NCCCc3ccccc3)CC2)cc1. The van der Waals surface area contributed by atoms with Crippen molar-refractivity contribution in [1.29, 1.82) is 0 Å². The van der Waals surface area contributed by atoms with Gasteiger partial charge in [-0.15, -0.1) is 0 Å². The number of hydrogen-bond donors (Lipinski definition) is 2. The minimum Gasteiger partial charge on any atom is -0.508 e. The first-order chi connectivity index (χ1) is 11.3. The number of hydrogen-bond acceptors (Lipinski definition) is 3. The third-order valence-corrected chi connectivity index (χ3v) is 4.63. The summed E-state index contributed by atoms with van der Waals surface area (Å²) >= 11 is 0. The van der Waals surface area contributed by atoms with Gasteiger partial charge in [-0.2, -0.15) is 0 Å². The summed E-state index contributed by atoms with van der Waals surface area (Å²) in [5.74, 6) is 0.337. The van der Waals surface area contributed by atoms with Crippen LogP contribution in [0.1, 0.15) is 24.8 Å². The second kappa shape index (κ2) is 8.02. The first-order valence-corrected chi connectivity index (χ1v) is 8.62. The maximum Gasteiger partial charge on any atom is 0.115 e. The maximum absolute atomic E-state index is 9.37. The number of anilines is 1. The number of rotatable bonds is 6. The first kappa shape index (κ1) is 15.9. The lowest BCUT2D eigenvalue weighted by molar-refractivity contribution is 0.413. The predicted octanol–water partition coefficient (Wildman–Crippen LogP) is 3.58. The van der Waals surface area contributed by atoms with Crippen LogP contribution in [-0.4, -0.2) is 30.8 Å². The topological polar surface area (TPSA) is 35.5 Å². The zero-order chi connectivity index (χ0) is 15.9. The molecule has 0 bridgehead atoms. The molecule has 0 radical (unpaired) electrons. The number of nitrogens with zero attached hydrogens (tertiary/aromatic N) is 1. The highest BCUT2D eigenvalue weighted by molar-refractivity contribution is 5.49. The van der Waals surface area contributed by atoms with Gasteiger partial charge in [0, 0.05) is 24.8 Å². The van der Waals surface area contributed by atoms with Crippen LogP contribution < -0.4 is 10.2 Å². The normalized spacial score (nSPS) is 15.7. The average Bonchev–Trinajstić information content (AvgIpc) is 2.61. The van der Waals surface area contributed by atoms with Crippen LogP contribution in [0.5, 0.6) is 5.75 Å². The molecule has 0 amide bonds.